The number of halogens is 2. The lowest BCUT2D eigenvalue weighted by molar-refractivity contribution is -0.129. The number of anilines is 1. The van der Waals surface area contributed by atoms with Crippen molar-refractivity contribution in [3.05, 3.63) is 65.7 Å². The Hall–Kier alpha value is -2.76. The molecule has 136 valence electrons. The van der Waals surface area contributed by atoms with Crippen molar-refractivity contribution in [3.63, 3.8) is 0 Å². The van der Waals surface area contributed by atoms with Crippen molar-refractivity contribution >= 4 is 17.5 Å². The van der Waals surface area contributed by atoms with Gasteiger partial charge in [0.05, 0.1) is 12.0 Å². The van der Waals surface area contributed by atoms with Gasteiger partial charge in [-0.3, -0.25) is 9.59 Å². The zero-order valence-electron chi connectivity index (χ0n) is 14.4. The van der Waals surface area contributed by atoms with Gasteiger partial charge in [-0.2, -0.15) is 0 Å². The Kier molecular flexibility index (Phi) is 5.02. The predicted octanol–water partition coefficient (Wildman–Crippen LogP) is 2.91. The molecule has 1 heterocycles. The third-order valence-electron chi connectivity index (χ3n) is 4.76. The fourth-order valence-electron chi connectivity index (χ4n) is 3.59. The van der Waals surface area contributed by atoms with E-state index in [-0.39, 0.29) is 12.3 Å². The molecule has 0 saturated carbocycles. The van der Waals surface area contributed by atoms with Gasteiger partial charge in [0, 0.05) is 19.2 Å². The van der Waals surface area contributed by atoms with Crippen LogP contribution in [0.15, 0.2) is 54.6 Å². The molecule has 0 saturated heterocycles. The fourth-order valence-corrected chi connectivity index (χ4v) is 3.59. The Morgan fingerprint density at radius 3 is 2.46 bits per heavy atom. The van der Waals surface area contributed by atoms with Crippen molar-refractivity contribution in [2.24, 2.45) is 0 Å². The summed E-state index contributed by atoms with van der Waals surface area (Å²) in [5.41, 5.74) is 1.31. The zero-order chi connectivity index (χ0) is 18.7. The quantitative estimate of drug-likeness (QED) is 0.863. The maximum absolute atomic E-state index is 13.2. The maximum Gasteiger partial charge on any atom is 0.255 e. The van der Waals surface area contributed by atoms with E-state index in [4.69, 9.17) is 0 Å². The number of rotatable bonds is 6. The second-order valence-electron chi connectivity index (χ2n) is 6.50. The van der Waals surface area contributed by atoms with Crippen molar-refractivity contribution in [2.75, 3.05) is 18.5 Å². The summed E-state index contributed by atoms with van der Waals surface area (Å²) in [4.78, 5) is 27.0. The largest absolute Gasteiger partial charge is 0.350 e. The van der Waals surface area contributed by atoms with Gasteiger partial charge in [0.15, 0.2) is 0 Å². The molecule has 2 amide bonds. The summed E-state index contributed by atoms with van der Waals surface area (Å²) in [6, 6.07) is 16.7. The van der Waals surface area contributed by atoms with Crippen LogP contribution in [0.25, 0.3) is 0 Å². The van der Waals surface area contributed by atoms with Crippen LogP contribution in [0.1, 0.15) is 17.5 Å². The average molecular weight is 358 g/mol. The molecule has 1 N–H and O–H groups in total. The van der Waals surface area contributed by atoms with Crippen LogP contribution in [0.5, 0.6) is 0 Å². The molecule has 0 spiro atoms. The standard InChI is InChI=1S/C20H20F2N2O2/c1-24-16-10-6-5-9-15(16)20(19(24)26,11-14-7-3-2-4-8-14)12-18(25)23-13-17(21)22/h2-10,17H,11-13H2,1H3,(H,23,25). The van der Waals surface area contributed by atoms with Crippen LogP contribution < -0.4 is 10.2 Å². The van der Waals surface area contributed by atoms with E-state index in [9.17, 15) is 18.4 Å². The van der Waals surface area contributed by atoms with E-state index in [0.29, 0.717) is 6.42 Å². The molecule has 6 heteroatoms. The van der Waals surface area contributed by atoms with Crippen LogP contribution in [0.3, 0.4) is 0 Å². The molecule has 0 aromatic heterocycles. The van der Waals surface area contributed by atoms with Gasteiger partial charge in [-0.1, -0.05) is 48.5 Å². The Morgan fingerprint density at radius 1 is 1.12 bits per heavy atom. The summed E-state index contributed by atoms with van der Waals surface area (Å²) in [6.07, 6.45) is -2.47. The number of carbonyl (C=O) groups is 2. The van der Waals surface area contributed by atoms with E-state index in [1.807, 2.05) is 54.6 Å². The lowest BCUT2D eigenvalue weighted by atomic mass is 9.73. The van der Waals surface area contributed by atoms with Crippen molar-refractivity contribution < 1.29 is 18.4 Å². The number of alkyl halides is 2. The number of nitrogens with one attached hydrogen (secondary N) is 1. The molecule has 26 heavy (non-hydrogen) atoms. The molecule has 3 rings (SSSR count). The van der Waals surface area contributed by atoms with Gasteiger partial charge in [-0.05, 0) is 23.6 Å². The topological polar surface area (TPSA) is 49.4 Å². The summed E-state index contributed by atoms with van der Waals surface area (Å²) in [6.45, 7) is -0.716. The van der Waals surface area contributed by atoms with Crippen LogP contribution in [-0.4, -0.2) is 31.8 Å². The first-order chi connectivity index (χ1) is 12.4. The summed E-state index contributed by atoms with van der Waals surface area (Å²) < 4.78 is 24.9. The Bertz CT molecular complexity index is 810. The lowest BCUT2D eigenvalue weighted by Crippen LogP contribution is -2.45. The molecular weight excluding hydrogens is 338 g/mol. The molecule has 0 radical (unpaired) electrons. The number of hydrogen-bond donors (Lipinski definition) is 1. The van der Waals surface area contributed by atoms with Crippen molar-refractivity contribution in [3.8, 4) is 0 Å². The van der Waals surface area contributed by atoms with E-state index in [1.54, 1.807) is 11.9 Å². The molecule has 2 aromatic carbocycles. The molecular formula is C20H20F2N2O2. The van der Waals surface area contributed by atoms with Gasteiger partial charge in [0.1, 0.15) is 0 Å². The van der Waals surface area contributed by atoms with Crippen molar-refractivity contribution in [1.29, 1.82) is 0 Å². The first-order valence-electron chi connectivity index (χ1n) is 8.40. The van der Waals surface area contributed by atoms with Gasteiger partial charge >= 0.3 is 0 Å². The molecule has 0 bridgehead atoms. The van der Waals surface area contributed by atoms with Gasteiger partial charge < -0.3 is 10.2 Å². The number of nitrogens with zero attached hydrogens (tertiary/aromatic N) is 1. The molecule has 0 fully saturated rings. The highest BCUT2D eigenvalue weighted by Crippen LogP contribution is 2.45. The number of fused-ring (bicyclic) bond motifs is 1. The Balaban J connectivity index is 2.00. The monoisotopic (exact) mass is 358 g/mol. The first-order valence-corrected chi connectivity index (χ1v) is 8.40. The number of amides is 2. The van der Waals surface area contributed by atoms with Crippen LogP contribution in [0.2, 0.25) is 0 Å². The average Bonchev–Trinajstić information content (AvgIpc) is 2.84. The van der Waals surface area contributed by atoms with Crippen molar-refractivity contribution in [2.45, 2.75) is 24.7 Å². The maximum atomic E-state index is 13.2. The highest BCUT2D eigenvalue weighted by atomic mass is 19.3. The smallest absolute Gasteiger partial charge is 0.255 e. The minimum absolute atomic E-state index is 0.172. The number of benzene rings is 2. The van der Waals surface area contributed by atoms with Crippen molar-refractivity contribution in [1.82, 2.24) is 5.32 Å². The third-order valence-corrected chi connectivity index (χ3v) is 4.76. The molecule has 2 aromatic rings. The van der Waals surface area contributed by atoms with Gasteiger partial charge in [-0.25, -0.2) is 8.78 Å². The van der Waals surface area contributed by atoms with E-state index in [0.717, 1.165) is 16.8 Å². The summed E-state index contributed by atoms with van der Waals surface area (Å²) in [7, 11) is 1.67. The minimum atomic E-state index is -2.63. The third kappa shape index (κ3) is 3.31. The Morgan fingerprint density at radius 2 is 1.77 bits per heavy atom. The van der Waals surface area contributed by atoms with Crippen LogP contribution in [0.4, 0.5) is 14.5 Å². The number of likely N-dealkylation sites (N-methyl/N-ethyl adjacent to an activating group) is 1. The van der Waals surface area contributed by atoms with E-state index in [2.05, 4.69) is 5.32 Å². The minimum Gasteiger partial charge on any atom is -0.350 e. The number of carbonyl (C=O) groups excluding carboxylic acids is 2. The molecule has 0 aliphatic carbocycles. The van der Waals surface area contributed by atoms with Gasteiger partial charge in [0.25, 0.3) is 6.43 Å². The zero-order valence-corrected chi connectivity index (χ0v) is 14.4. The highest BCUT2D eigenvalue weighted by Gasteiger charge is 2.50. The SMILES string of the molecule is CN1C(=O)C(CC(=O)NCC(F)F)(Cc2ccccc2)c2ccccc21. The van der Waals surface area contributed by atoms with Crippen LogP contribution >= 0.6 is 0 Å². The second kappa shape index (κ2) is 7.23. The van der Waals surface area contributed by atoms with Crippen LogP contribution in [-0.2, 0) is 21.4 Å². The molecule has 1 aliphatic rings. The normalized spacial score (nSPS) is 18.9. The van der Waals surface area contributed by atoms with E-state index in [1.165, 1.54) is 0 Å². The second-order valence-corrected chi connectivity index (χ2v) is 6.50. The van der Waals surface area contributed by atoms with E-state index >= 15 is 0 Å². The summed E-state index contributed by atoms with van der Waals surface area (Å²) in [5.74, 6) is -0.755. The predicted molar refractivity (Wildman–Crippen MR) is 95.3 cm³/mol. The lowest BCUT2D eigenvalue weighted by Gasteiger charge is -2.28. The summed E-state index contributed by atoms with van der Waals surface area (Å²) >= 11 is 0. The summed E-state index contributed by atoms with van der Waals surface area (Å²) in [5, 5.41) is 2.23. The molecule has 4 nitrogen and oxygen atoms in total. The molecule has 1 atom stereocenters. The molecule has 1 aliphatic heterocycles. The fraction of sp³-hybridized carbons (Fsp3) is 0.300. The van der Waals surface area contributed by atoms with Gasteiger partial charge in [0.2, 0.25) is 11.8 Å². The van der Waals surface area contributed by atoms with Gasteiger partial charge in [-0.15, -0.1) is 0 Å². The van der Waals surface area contributed by atoms with E-state index < -0.39 is 24.3 Å². The first kappa shape index (κ1) is 18.0. The number of para-hydroxylation sites is 1. The number of hydrogen-bond acceptors (Lipinski definition) is 2. The molecule has 1 unspecified atom stereocenters. The Labute approximate surface area is 150 Å². The van der Waals surface area contributed by atoms with Crippen LogP contribution in [0, 0.1) is 0 Å². The highest BCUT2D eigenvalue weighted by molar-refractivity contribution is 6.09.